The van der Waals surface area contributed by atoms with Crippen LogP contribution in [0, 0.1) is 0 Å². The van der Waals surface area contributed by atoms with Gasteiger partial charge in [0.25, 0.3) is 0 Å². The van der Waals surface area contributed by atoms with Gasteiger partial charge in [-0.3, -0.25) is 4.40 Å². The number of aromatic nitrogens is 2. The molecule has 0 aliphatic carbocycles. The van der Waals surface area contributed by atoms with Crippen molar-refractivity contribution in [1.82, 2.24) is 9.38 Å². The Hall–Kier alpha value is -3.04. The number of fused-ring (bicyclic) bond motifs is 5. The van der Waals surface area contributed by atoms with Gasteiger partial charge in [0.15, 0.2) is 0 Å². The highest BCUT2D eigenvalue weighted by molar-refractivity contribution is 6.31. The highest BCUT2D eigenvalue weighted by Crippen LogP contribution is 2.33. The summed E-state index contributed by atoms with van der Waals surface area (Å²) in [6, 6.07) is 24.4. The topological polar surface area (TPSA) is 26.5 Å². The Kier molecular flexibility index (Phi) is 3.37. The van der Waals surface area contributed by atoms with Crippen LogP contribution in [0.3, 0.4) is 0 Å². The second-order valence-electron chi connectivity index (χ2n) is 6.25. The van der Waals surface area contributed by atoms with E-state index >= 15 is 0 Å². The lowest BCUT2D eigenvalue weighted by Crippen LogP contribution is -1.97. The molecule has 0 saturated heterocycles. The summed E-state index contributed by atoms with van der Waals surface area (Å²) in [5.74, 6) is 1.73. The number of hydrogen-bond acceptors (Lipinski definition) is 2. The molecule has 0 saturated carbocycles. The highest BCUT2D eigenvalue weighted by Gasteiger charge is 2.14. The van der Waals surface area contributed by atoms with E-state index in [4.69, 9.17) is 21.3 Å². The van der Waals surface area contributed by atoms with E-state index in [1.807, 2.05) is 60.7 Å². The van der Waals surface area contributed by atoms with Crippen molar-refractivity contribution in [1.29, 1.82) is 0 Å². The fourth-order valence-electron chi connectivity index (χ4n) is 3.50. The van der Waals surface area contributed by atoms with E-state index in [-0.39, 0.29) is 0 Å². The van der Waals surface area contributed by atoms with Crippen molar-refractivity contribution < 1.29 is 4.74 Å². The lowest BCUT2D eigenvalue weighted by atomic mass is 10.1. The van der Waals surface area contributed by atoms with E-state index in [1.165, 1.54) is 0 Å². The summed E-state index contributed by atoms with van der Waals surface area (Å²) in [6.07, 6.45) is 0. The number of para-hydroxylation sites is 1. The first-order chi connectivity index (χ1) is 12.7. The van der Waals surface area contributed by atoms with Gasteiger partial charge in [-0.1, -0.05) is 29.8 Å². The third kappa shape index (κ3) is 2.25. The number of halogens is 1. The number of nitrogens with zero attached hydrogens (tertiary/aromatic N) is 2. The van der Waals surface area contributed by atoms with Crippen LogP contribution in [0.5, 0.6) is 5.75 Å². The van der Waals surface area contributed by atoms with Gasteiger partial charge in [-0.2, -0.15) is 0 Å². The molecule has 0 aliphatic heterocycles. The molecule has 2 aromatic heterocycles. The largest absolute Gasteiger partial charge is 0.497 e. The van der Waals surface area contributed by atoms with Crippen LogP contribution in [0.2, 0.25) is 5.02 Å². The summed E-state index contributed by atoms with van der Waals surface area (Å²) in [7, 11) is 1.67. The number of methoxy groups -OCH3 is 1. The van der Waals surface area contributed by atoms with E-state index in [2.05, 4.69) is 16.5 Å². The van der Waals surface area contributed by atoms with Crippen LogP contribution in [-0.2, 0) is 0 Å². The van der Waals surface area contributed by atoms with Crippen LogP contribution < -0.4 is 4.74 Å². The zero-order valence-electron chi connectivity index (χ0n) is 14.1. The first-order valence-corrected chi connectivity index (χ1v) is 8.76. The standard InChI is InChI=1S/C22H15ClN2O/c1-26-17-9-6-14(7-10-17)22-24-19-5-3-2-4-18(19)21-13-15-12-16(23)8-11-20(15)25(21)22/h2-13H,1H3. The molecule has 0 N–H and O–H groups in total. The van der Waals surface area contributed by atoms with Gasteiger partial charge in [0, 0.05) is 21.4 Å². The van der Waals surface area contributed by atoms with Gasteiger partial charge in [-0.15, -0.1) is 0 Å². The molecule has 0 atom stereocenters. The zero-order chi connectivity index (χ0) is 17.7. The van der Waals surface area contributed by atoms with E-state index in [0.717, 1.165) is 49.5 Å². The monoisotopic (exact) mass is 358 g/mol. The zero-order valence-corrected chi connectivity index (χ0v) is 14.9. The fourth-order valence-corrected chi connectivity index (χ4v) is 3.68. The summed E-state index contributed by atoms with van der Waals surface area (Å²) in [5.41, 5.74) is 4.22. The molecule has 3 nitrogen and oxygen atoms in total. The summed E-state index contributed by atoms with van der Waals surface area (Å²) < 4.78 is 7.49. The average molecular weight is 359 g/mol. The van der Waals surface area contributed by atoms with Crippen molar-refractivity contribution in [3.05, 3.63) is 77.8 Å². The van der Waals surface area contributed by atoms with Gasteiger partial charge in [0.05, 0.1) is 23.7 Å². The lowest BCUT2D eigenvalue weighted by molar-refractivity contribution is 0.415. The van der Waals surface area contributed by atoms with Gasteiger partial charge in [-0.25, -0.2) is 4.98 Å². The molecule has 2 heterocycles. The van der Waals surface area contributed by atoms with E-state index in [9.17, 15) is 0 Å². The van der Waals surface area contributed by atoms with Crippen molar-refractivity contribution in [3.8, 4) is 17.1 Å². The number of hydrogen-bond donors (Lipinski definition) is 0. The molecule has 26 heavy (non-hydrogen) atoms. The molecule has 0 aliphatic rings. The predicted molar refractivity (Wildman–Crippen MR) is 107 cm³/mol. The molecule has 5 aromatic rings. The molecular weight excluding hydrogens is 344 g/mol. The molecule has 0 fully saturated rings. The van der Waals surface area contributed by atoms with Crippen molar-refractivity contribution >= 4 is 38.9 Å². The van der Waals surface area contributed by atoms with Crippen molar-refractivity contribution in [2.45, 2.75) is 0 Å². The lowest BCUT2D eigenvalue weighted by Gasteiger charge is -2.10. The van der Waals surface area contributed by atoms with Crippen LogP contribution in [-0.4, -0.2) is 16.5 Å². The second-order valence-corrected chi connectivity index (χ2v) is 6.69. The van der Waals surface area contributed by atoms with Crippen LogP contribution in [0.15, 0.2) is 72.8 Å². The first kappa shape index (κ1) is 15.2. The van der Waals surface area contributed by atoms with E-state index in [0.29, 0.717) is 0 Å². The van der Waals surface area contributed by atoms with Gasteiger partial charge >= 0.3 is 0 Å². The maximum Gasteiger partial charge on any atom is 0.145 e. The van der Waals surface area contributed by atoms with Gasteiger partial charge in [0.2, 0.25) is 0 Å². The summed E-state index contributed by atoms with van der Waals surface area (Å²) in [6.45, 7) is 0. The normalized spacial score (nSPS) is 11.5. The Morgan fingerprint density at radius 3 is 2.50 bits per heavy atom. The average Bonchev–Trinajstić information content (AvgIpc) is 3.06. The second kappa shape index (κ2) is 5.75. The minimum atomic E-state index is 0.733. The van der Waals surface area contributed by atoms with E-state index in [1.54, 1.807) is 7.11 Å². The Bertz CT molecular complexity index is 1270. The number of benzene rings is 3. The number of ether oxygens (including phenoxy) is 1. The van der Waals surface area contributed by atoms with Gasteiger partial charge in [-0.05, 0) is 54.6 Å². The summed E-state index contributed by atoms with van der Waals surface area (Å²) in [4.78, 5) is 4.96. The molecule has 0 bridgehead atoms. The molecule has 0 spiro atoms. The minimum Gasteiger partial charge on any atom is -0.497 e. The Labute approximate surface area is 155 Å². The van der Waals surface area contributed by atoms with Crippen LogP contribution >= 0.6 is 11.6 Å². The molecule has 0 radical (unpaired) electrons. The smallest absolute Gasteiger partial charge is 0.145 e. The SMILES string of the molecule is COc1ccc(-c2nc3ccccc3c3cc4cc(Cl)ccc4n23)cc1. The third-order valence-corrected chi connectivity index (χ3v) is 4.97. The molecular formula is C22H15ClN2O. The van der Waals surface area contributed by atoms with Gasteiger partial charge in [0.1, 0.15) is 11.6 Å². The van der Waals surface area contributed by atoms with Crippen LogP contribution in [0.4, 0.5) is 0 Å². The van der Waals surface area contributed by atoms with Crippen molar-refractivity contribution in [2.24, 2.45) is 0 Å². The molecule has 3 aromatic carbocycles. The number of rotatable bonds is 2. The van der Waals surface area contributed by atoms with Crippen molar-refractivity contribution in [3.63, 3.8) is 0 Å². The Morgan fingerprint density at radius 2 is 1.69 bits per heavy atom. The molecule has 0 unspecified atom stereocenters. The van der Waals surface area contributed by atoms with Crippen LogP contribution in [0.25, 0.3) is 38.7 Å². The summed E-state index contributed by atoms with van der Waals surface area (Å²) >= 11 is 6.22. The van der Waals surface area contributed by atoms with E-state index < -0.39 is 0 Å². The maximum absolute atomic E-state index is 6.22. The van der Waals surface area contributed by atoms with Crippen molar-refractivity contribution in [2.75, 3.05) is 7.11 Å². The highest BCUT2D eigenvalue weighted by atomic mass is 35.5. The maximum atomic E-state index is 6.22. The van der Waals surface area contributed by atoms with Crippen LogP contribution in [0.1, 0.15) is 0 Å². The minimum absolute atomic E-state index is 0.733. The third-order valence-electron chi connectivity index (χ3n) is 4.73. The fraction of sp³-hybridized carbons (Fsp3) is 0.0455. The molecule has 4 heteroatoms. The molecule has 0 amide bonds. The Balaban J connectivity index is 1.94. The first-order valence-electron chi connectivity index (χ1n) is 8.38. The molecule has 5 rings (SSSR count). The molecule has 126 valence electrons. The quantitative estimate of drug-likeness (QED) is 0.388. The summed E-state index contributed by atoms with van der Waals surface area (Å²) in [5, 5.41) is 2.96. The Morgan fingerprint density at radius 1 is 0.885 bits per heavy atom. The predicted octanol–water partition coefficient (Wildman–Crippen LogP) is 5.97. The van der Waals surface area contributed by atoms with Gasteiger partial charge < -0.3 is 4.74 Å².